The number of hydrogen-bond acceptors (Lipinski definition) is 4. The van der Waals surface area contributed by atoms with Gasteiger partial charge in [-0.1, -0.05) is 12.1 Å². The van der Waals surface area contributed by atoms with Crippen molar-refractivity contribution >= 4 is 17.8 Å². The lowest BCUT2D eigenvalue weighted by Gasteiger charge is -1.99. The molecule has 4 nitrogen and oxygen atoms in total. The minimum atomic E-state index is -0.778. The number of carbonyl (C=O) groups is 2. The number of cyclic esters (lactones) is 1. The first-order valence-electron chi connectivity index (χ1n) is 4.77. The van der Waals surface area contributed by atoms with Gasteiger partial charge in [0.2, 0.25) is 0 Å². The molecule has 1 aliphatic rings. The number of ketones is 1. The number of rotatable bonds is 2. The quantitative estimate of drug-likeness (QED) is 0.425. The van der Waals surface area contributed by atoms with E-state index in [1.165, 1.54) is 0 Å². The van der Waals surface area contributed by atoms with Crippen molar-refractivity contribution in [2.24, 2.45) is 0 Å². The molecule has 1 heterocycles. The molecule has 1 fully saturated rings. The average Bonchev–Trinajstić information content (AvgIpc) is 2.62. The molecule has 0 amide bonds. The van der Waals surface area contributed by atoms with E-state index in [0.29, 0.717) is 5.57 Å². The SMILES string of the molecule is COc1ccc(/C=C2\COC(=O)C2=O)cc1. The van der Waals surface area contributed by atoms with Crippen molar-refractivity contribution in [2.45, 2.75) is 0 Å². The summed E-state index contributed by atoms with van der Waals surface area (Å²) < 4.78 is 9.62. The lowest BCUT2D eigenvalue weighted by atomic mass is 10.1. The number of hydrogen-bond donors (Lipinski definition) is 0. The van der Waals surface area contributed by atoms with Crippen LogP contribution < -0.4 is 4.74 Å². The second kappa shape index (κ2) is 4.18. The Hall–Kier alpha value is -2.10. The van der Waals surface area contributed by atoms with Crippen molar-refractivity contribution in [3.63, 3.8) is 0 Å². The van der Waals surface area contributed by atoms with Gasteiger partial charge in [-0.15, -0.1) is 0 Å². The normalized spacial score (nSPS) is 17.7. The fourth-order valence-corrected chi connectivity index (χ4v) is 1.41. The first-order chi connectivity index (χ1) is 7.70. The van der Waals surface area contributed by atoms with Crippen molar-refractivity contribution in [1.82, 2.24) is 0 Å². The van der Waals surface area contributed by atoms with Crippen LogP contribution in [0.2, 0.25) is 0 Å². The molecule has 0 unspecified atom stereocenters. The summed E-state index contributed by atoms with van der Waals surface area (Å²) in [4.78, 5) is 22.1. The summed E-state index contributed by atoms with van der Waals surface area (Å²) in [6.45, 7) is 0.0592. The summed E-state index contributed by atoms with van der Waals surface area (Å²) in [5.74, 6) is -0.595. The van der Waals surface area contributed by atoms with Gasteiger partial charge in [0.1, 0.15) is 12.4 Å². The van der Waals surface area contributed by atoms with Gasteiger partial charge in [0, 0.05) is 5.57 Å². The number of esters is 1. The first kappa shape index (κ1) is 10.4. The molecule has 0 saturated carbocycles. The fourth-order valence-electron chi connectivity index (χ4n) is 1.41. The van der Waals surface area contributed by atoms with E-state index in [0.717, 1.165) is 11.3 Å². The van der Waals surface area contributed by atoms with Crippen LogP contribution in [0.15, 0.2) is 29.8 Å². The Kier molecular flexibility index (Phi) is 2.72. The largest absolute Gasteiger partial charge is 0.497 e. The van der Waals surface area contributed by atoms with Gasteiger partial charge in [-0.05, 0) is 23.8 Å². The molecular weight excluding hydrogens is 208 g/mol. The molecule has 0 aliphatic carbocycles. The van der Waals surface area contributed by atoms with Crippen LogP contribution in [-0.4, -0.2) is 25.5 Å². The molecule has 1 aromatic carbocycles. The van der Waals surface area contributed by atoms with E-state index in [1.807, 2.05) is 12.1 Å². The lowest BCUT2D eigenvalue weighted by molar-refractivity contribution is -0.146. The van der Waals surface area contributed by atoms with Gasteiger partial charge < -0.3 is 9.47 Å². The van der Waals surface area contributed by atoms with E-state index in [4.69, 9.17) is 4.74 Å². The molecule has 0 N–H and O–H groups in total. The predicted octanol–water partition coefficient (Wildman–Crippen LogP) is 1.20. The van der Waals surface area contributed by atoms with Gasteiger partial charge in [-0.25, -0.2) is 4.79 Å². The van der Waals surface area contributed by atoms with Gasteiger partial charge in [-0.3, -0.25) is 4.79 Å². The predicted molar refractivity (Wildman–Crippen MR) is 56.9 cm³/mol. The van der Waals surface area contributed by atoms with E-state index in [-0.39, 0.29) is 6.61 Å². The maximum absolute atomic E-state index is 11.3. The fraction of sp³-hybridized carbons (Fsp3) is 0.167. The maximum Gasteiger partial charge on any atom is 0.379 e. The summed E-state index contributed by atoms with van der Waals surface area (Å²) in [7, 11) is 1.58. The number of ether oxygens (including phenoxy) is 2. The van der Waals surface area contributed by atoms with Gasteiger partial charge in [0.25, 0.3) is 5.78 Å². The van der Waals surface area contributed by atoms with Gasteiger partial charge in [0.15, 0.2) is 0 Å². The van der Waals surface area contributed by atoms with E-state index in [9.17, 15) is 9.59 Å². The summed E-state index contributed by atoms with van der Waals surface area (Å²) in [6.07, 6.45) is 1.65. The molecule has 1 aromatic rings. The lowest BCUT2D eigenvalue weighted by Crippen LogP contribution is -2.06. The molecule has 16 heavy (non-hydrogen) atoms. The molecule has 1 aliphatic heterocycles. The Morgan fingerprint density at radius 2 is 1.94 bits per heavy atom. The monoisotopic (exact) mass is 218 g/mol. The summed E-state index contributed by atoms with van der Waals surface area (Å²) in [6, 6.07) is 7.19. The minimum absolute atomic E-state index is 0.0592. The van der Waals surface area contributed by atoms with Gasteiger partial charge in [0.05, 0.1) is 7.11 Å². The summed E-state index contributed by atoms with van der Waals surface area (Å²) in [5, 5.41) is 0. The topological polar surface area (TPSA) is 52.6 Å². The number of methoxy groups -OCH3 is 1. The smallest absolute Gasteiger partial charge is 0.379 e. The van der Waals surface area contributed by atoms with E-state index < -0.39 is 11.8 Å². The molecule has 0 spiro atoms. The Morgan fingerprint density at radius 1 is 1.25 bits per heavy atom. The van der Waals surface area contributed by atoms with E-state index in [2.05, 4.69) is 4.74 Å². The van der Waals surface area contributed by atoms with Crippen LogP contribution in [0.5, 0.6) is 5.75 Å². The molecule has 1 saturated heterocycles. The molecular formula is C12H10O4. The zero-order valence-corrected chi connectivity index (χ0v) is 8.73. The Morgan fingerprint density at radius 3 is 2.44 bits per heavy atom. The van der Waals surface area contributed by atoms with E-state index in [1.54, 1.807) is 25.3 Å². The summed E-state index contributed by atoms with van der Waals surface area (Å²) >= 11 is 0. The Bertz CT molecular complexity index is 456. The minimum Gasteiger partial charge on any atom is -0.497 e. The maximum atomic E-state index is 11.3. The Labute approximate surface area is 92.5 Å². The molecule has 0 aromatic heterocycles. The van der Waals surface area contributed by atoms with Crippen molar-refractivity contribution in [2.75, 3.05) is 13.7 Å². The molecule has 82 valence electrons. The van der Waals surface area contributed by atoms with Crippen LogP contribution in [0, 0.1) is 0 Å². The molecule has 0 bridgehead atoms. The third-order valence-corrected chi connectivity index (χ3v) is 2.29. The van der Waals surface area contributed by atoms with Crippen LogP contribution in [-0.2, 0) is 14.3 Å². The number of benzene rings is 1. The first-order valence-corrected chi connectivity index (χ1v) is 4.77. The highest BCUT2D eigenvalue weighted by Crippen LogP contribution is 2.17. The van der Waals surface area contributed by atoms with Crippen molar-refractivity contribution in [3.05, 3.63) is 35.4 Å². The van der Waals surface area contributed by atoms with Crippen LogP contribution in [0.4, 0.5) is 0 Å². The van der Waals surface area contributed by atoms with Crippen LogP contribution >= 0.6 is 0 Å². The highest BCUT2D eigenvalue weighted by atomic mass is 16.5. The van der Waals surface area contributed by atoms with Crippen molar-refractivity contribution in [1.29, 1.82) is 0 Å². The van der Waals surface area contributed by atoms with Crippen molar-refractivity contribution in [3.8, 4) is 5.75 Å². The molecule has 0 radical (unpaired) electrons. The number of carbonyl (C=O) groups excluding carboxylic acids is 2. The standard InChI is InChI=1S/C12H10O4/c1-15-10-4-2-8(3-5-10)6-9-7-16-12(14)11(9)13/h2-6H,7H2,1H3/b9-6+. The third kappa shape index (κ3) is 1.95. The molecule has 2 rings (SSSR count). The molecule has 0 atom stereocenters. The second-order valence-electron chi connectivity index (χ2n) is 3.35. The Balaban J connectivity index is 2.23. The van der Waals surface area contributed by atoms with Gasteiger partial charge in [-0.2, -0.15) is 0 Å². The third-order valence-electron chi connectivity index (χ3n) is 2.29. The second-order valence-corrected chi connectivity index (χ2v) is 3.35. The zero-order valence-electron chi connectivity index (χ0n) is 8.73. The highest BCUT2D eigenvalue weighted by Gasteiger charge is 2.28. The van der Waals surface area contributed by atoms with Crippen LogP contribution in [0.3, 0.4) is 0 Å². The average molecular weight is 218 g/mol. The summed E-state index contributed by atoms with van der Waals surface area (Å²) in [5.41, 5.74) is 1.22. The van der Waals surface area contributed by atoms with Crippen LogP contribution in [0.1, 0.15) is 5.56 Å². The van der Waals surface area contributed by atoms with Crippen molar-refractivity contribution < 1.29 is 19.1 Å². The van der Waals surface area contributed by atoms with E-state index >= 15 is 0 Å². The molecule has 4 heteroatoms. The number of Topliss-reactive ketones (excluding diaryl/α,β-unsaturated/α-hetero) is 1. The highest BCUT2D eigenvalue weighted by molar-refractivity contribution is 6.43. The van der Waals surface area contributed by atoms with Crippen LogP contribution in [0.25, 0.3) is 6.08 Å². The zero-order chi connectivity index (χ0) is 11.5. The van der Waals surface area contributed by atoms with Gasteiger partial charge >= 0.3 is 5.97 Å².